The third-order valence-corrected chi connectivity index (χ3v) is 1.91. The van der Waals surface area contributed by atoms with Crippen LogP contribution < -0.4 is 5.32 Å². The van der Waals surface area contributed by atoms with E-state index in [9.17, 15) is 10.1 Å². The topological polar surface area (TPSA) is 77.3 Å². The highest BCUT2D eigenvalue weighted by Gasteiger charge is 2.11. The summed E-state index contributed by atoms with van der Waals surface area (Å²) >= 11 is 0. The second-order valence-corrected chi connectivity index (χ2v) is 3.59. The molecule has 0 amide bonds. The zero-order valence-corrected chi connectivity index (χ0v) is 9.68. The Morgan fingerprint density at radius 2 is 2.47 bits per heavy atom. The number of aromatic nitrogens is 1. The van der Waals surface area contributed by atoms with E-state index in [1.807, 2.05) is 6.92 Å². The average molecular weight is 237 g/mol. The van der Waals surface area contributed by atoms with Crippen LogP contribution >= 0.6 is 0 Å². The Balaban J connectivity index is 2.41. The monoisotopic (exact) mass is 237 g/mol. The molecule has 1 heterocycles. The predicted octanol–water partition coefficient (Wildman–Crippen LogP) is 1.99. The van der Waals surface area contributed by atoms with E-state index in [4.69, 9.17) is 4.74 Å². The van der Waals surface area contributed by atoms with Crippen LogP contribution in [0.1, 0.15) is 6.92 Å². The van der Waals surface area contributed by atoms with Gasteiger partial charge in [0.05, 0.1) is 18.1 Å². The van der Waals surface area contributed by atoms with Crippen molar-refractivity contribution in [3.63, 3.8) is 0 Å². The third kappa shape index (κ3) is 4.60. The summed E-state index contributed by atoms with van der Waals surface area (Å²) in [5, 5.41) is 13.6. The Kier molecular flexibility index (Phi) is 5.09. The normalized spacial score (nSPS) is 9.94. The molecule has 0 aliphatic heterocycles. The van der Waals surface area contributed by atoms with Gasteiger partial charge in [0.15, 0.2) is 0 Å². The summed E-state index contributed by atoms with van der Waals surface area (Å²) in [6, 6.07) is 1.57. The molecule has 0 aliphatic rings. The molecule has 0 saturated carbocycles. The fourth-order valence-corrected chi connectivity index (χ4v) is 1.19. The zero-order valence-electron chi connectivity index (χ0n) is 9.68. The molecular weight excluding hydrogens is 222 g/mol. The Bertz CT molecular complexity index is 407. The Morgan fingerprint density at radius 1 is 1.71 bits per heavy atom. The summed E-state index contributed by atoms with van der Waals surface area (Å²) in [6.07, 6.45) is 2.72. The van der Waals surface area contributed by atoms with Crippen molar-refractivity contribution in [2.24, 2.45) is 0 Å². The van der Waals surface area contributed by atoms with Crippen molar-refractivity contribution in [1.82, 2.24) is 4.98 Å². The molecule has 0 fully saturated rings. The van der Waals surface area contributed by atoms with Crippen molar-refractivity contribution in [1.29, 1.82) is 0 Å². The van der Waals surface area contributed by atoms with Gasteiger partial charge in [-0.05, 0) is 13.0 Å². The van der Waals surface area contributed by atoms with Crippen molar-refractivity contribution in [3.8, 4) is 0 Å². The highest BCUT2D eigenvalue weighted by molar-refractivity contribution is 5.59. The number of nitrogens with zero attached hydrogens (tertiary/aromatic N) is 2. The van der Waals surface area contributed by atoms with E-state index in [1.165, 1.54) is 12.4 Å². The van der Waals surface area contributed by atoms with Crippen molar-refractivity contribution < 1.29 is 9.66 Å². The second kappa shape index (κ2) is 6.59. The van der Waals surface area contributed by atoms with Crippen LogP contribution in [-0.4, -0.2) is 29.7 Å². The Morgan fingerprint density at radius 3 is 3.12 bits per heavy atom. The maximum Gasteiger partial charge on any atom is 0.310 e. The Hall–Kier alpha value is -1.95. The van der Waals surface area contributed by atoms with E-state index >= 15 is 0 Å². The molecule has 0 aliphatic carbocycles. The van der Waals surface area contributed by atoms with Gasteiger partial charge in [0.25, 0.3) is 0 Å². The van der Waals surface area contributed by atoms with E-state index < -0.39 is 4.92 Å². The third-order valence-electron chi connectivity index (χ3n) is 1.91. The van der Waals surface area contributed by atoms with Gasteiger partial charge in [0, 0.05) is 12.7 Å². The molecule has 0 unspecified atom stereocenters. The zero-order chi connectivity index (χ0) is 12.7. The maximum atomic E-state index is 10.7. The van der Waals surface area contributed by atoms with Gasteiger partial charge in [-0.15, -0.1) is 0 Å². The molecule has 0 radical (unpaired) electrons. The molecule has 0 saturated heterocycles. The first-order valence-electron chi connectivity index (χ1n) is 5.15. The molecule has 92 valence electrons. The van der Waals surface area contributed by atoms with E-state index in [0.29, 0.717) is 25.4 Å². The van der Waals surface area contributed by atoms with E-state index in [-0.39, 0.29) is 5.69 Å². The number of ether oxygens (including phenoxy) is 1. The van der Waals surface area contributed by atoms with Gasteiger partial charge < -0.3 is 10.1 Å². The van der Waals surface area contributed by atoms with Crippen LogP contribution in [0.5, 0.6) is 0 Å². The predicted molar refractivity (Wildman–Crippen MR) is 65.0 cm³/mol. The van der Waals surface area contributed by atoms with Crippen LogP contribution in [0, 0.1) is 10.1 Å². The lowest BCUT2D eigenvalue weighted by atomic mass is 10.3. The van der Waals surface area contributed by atoms with E-state index in [0.717, 1.165) is 5.57 Å². The number of nitro groups is 1. The fraction of sp³-hybridized carbons (Fsp3) is 0.364. The molecule has 1 aromatic rings. The summed E-state index contributed by atoms with van der Waals surface area (Å²) in [4.78, 5) is 13.9. The van der Waals surface area contributed by atoms with Crippen LogP contribution in [-0.2, 0) is 4.74 Å². The van der Waals surface area contributed by atoms with Crippen LogP contribution in [0.25, 0.3) is 0 Å². The van der Waals surface area contributed by atoms with Gasteiger partial charge in [-0.3, -0.25) is 15.1 Å². The molecule has 1 aromatic heterocycles. The summed E-state index contributed by atoms with van der Waals surface area (Å²) in [6.45, 7) is 7.04. The lowest BCUT2D eigenvalue weighted by molar-refractivity contribution is -0.384. The van der Waals surface area contributed by atoms with Gasteiger partial charge in [0.2, 0.25) is 0 Å². The van der Waals surface area contributed by atoms with Crippen LogP contribution in [0.3, 0.4) is 0 Å². The first-order chi connectivity index (χ1) is 8.11. The quantitative estimate of drug-likeness (QED) is 0.339. The summed E-state index contributed by atoms with van der Waals surface area (Å²) in [5.74, 6) is 0. The summed E-state index contributed by atoms with van der Waals surface area (Å²) in [7, 11) is 0. The maximum absolute atomic E-state index is 10.7. The fourth-order valence-electron chi connectivity index (χ4n) is 1.19. The van der Waals surface area contributed by atoms with Crippen LogP contribution in [0.4, 0.5) is 11.4 Å². The molecule has 1 N–H and O–H groups in total. The highest BCUT2D eigenvalue weighted by Crippen LogP contribution is 2.21. The number of hydrogen-bond acceptors (Lipinski definition) is 5. The van der Waals surface area contributed by atoms with Crippen molar-refractivity contribution in [2.75, 3.05) is 25.1 Å². The number of nitrogens with one attached hydrogen (secondary N) is 1. The van der Waals surface area contributed by atoms with Crippen LogP contribution in [0.15, 0.2) is 30.6 Å². The summed E-state index contributed by atoms with van der Waals surface area (Å²) < 4.78 is 5.27. The number of hydrogen-bond donors (Lipinski definition) is 1. The first-order valence-corrected chi connectivity index (χ1v) is 5.15. The lowest BCUT2D eigenvalue weighted by Crippen LogP contribution is -2.11. The number of pyridine rings is 1. The molecule has 6 heteroatoms. The Labute approximate surface area is 99.5 Å². The minimum absolute atomic E-state index is 0.0348. The molecule has 17 heavy (non-hydrogen) atoms. The standard InChI is InChI=1S/C11H15N3O3/c1-9(2)8-17-6-5-13-10-3-4-12-7-11(10)14(15)16/h3-4,7H,1,5-6,8H2,2H3,(H,12,13). The second-order valence-electron chi connectivity index (χ2n) is 3.59. The molecular formula is C11H15N3O3. The van der Waals surface area contributed by atoms with Crippen molar-refractivity contribution in [3.05, 3.63) is 40.7 Å². The smallest absolute Gasteiger partial charge is 0.310 e. The minimum Gasteiger partial charge on any atom is -0.377 e. The van der Waals surface area contributed by atoms with E-state index in [2.05, 4.69) is 16.9 Å². The van der Waals surface area contributed by atoms with E-state index in [1.54, 1.807) is 6.07 Å². The van der Waals surface area contributed by atoms with Crippen LogP contribution in [0.2, 0.25) is 0 Å². The number of anilines is 1. The molecule has 0 aromatic carbocycles. The van der Waals surface area contributed by atoms with Gasteiger partial charge in [-0.1, -0.05) is 12.2 Å². The largest absolute Gasteiger partial charge is 0.377 e. The van der Waals surface area contributed by atoms with Crippen molar-refractivity contribution >= 4 is 11.4 Å². The van der Waals surface area contributed by atoms with Gasteiger partial charge in [0.1, 0.15) is 11.9 Å². The van der Waals surface area contributed by atoms with Gasteiger partial charge >= 0.3 is 5.69 Å². The molecule has 0 bridgehead atoms. The minimum atomic E-state index is -0.468. The highest BCUT2D eigenvalue weighted by atomic mass is 16.6. The van der Waals surface area contributed by atoms with Gasteiger partial charge in [-0.2, -0.15) is 0 Å². The van der Waals surface area contributed by atoms with Gasteiger partial charge in [-0.25, -0.2) is 0 Å². The molecule has 0 atom stereocenters. The SMILES string of the molecule is C=C(C)COCCNc1ccncc1[N+](=O)[O-]. The average Bonchev–Trinajstić information content (AvgIpc) is 2.28. The molecule has 1 rings (SSSR count). The number of rotatable bonds is 7. The molecule has 0 spiro atoms. The molecule has 6 nitrogen and oxygen atoms in total. The van der Waals surface area contributed by atoms with Crippen molar-refractivity contribution in [2.45, 2.75) is 6.92 Å². The lowest BCUT2D eigenvalue weighted by Gasteiger charge is -2.07. The summed E-state index contributed by atoms with van der Waals surface area (Å²) in [5.41, 5.74) is 1.36. The first kappa shape index (κ1) is 13.1.